The second kappa shape index (κ2) is 4.06. The Morgan fingerprint density at radius 3 is 2.81 bits per heavy atom. The van der Waals surface area contributed by atoms with E-state index in [2.05, 4.69) is 58.7 Å². The first-order valence-electron chi connectivity index (χ1n) is 5.88. The summed E-state index contributed by atoms with van der Waals surface area (Å²) in [6, 6.07) is 0.544. The van der Waals surface area contributed by atoms with E-state index in [-0.39, 0.29) is 5.41 Å². The Balaban J connectivity index is 2.29. The average Bonchev–Trinajstić information content (AvgIpc) is 2.42. The van der Waals surface area contributed by atoms with Gasteiger partial charge in [0.2, 0.25) is 0 Å². The molecule has 0 aliphatic carbocycles. The molecule has 1 aliphatic rings. The molecular weight excluding hydrogens is 266 g/mol. The van der Waals surface area contributed by atoms with Gasteiger partial charge in [0.25, 0.3) is 0 Å². The SMILES string of the molecule is CC1CCn2nc(CC(C)(C)C)c(Br)c2N1. The molecule has 0 bridgehead atoms. The molecule has 4 heteroatoms. The first kappa shape index (κ1) is 12.0. The molecule has 0 fully saturated rings. The summed E-state index contributed by atoms with van der Waals surface area (Å²) in [6.45, 7) is 9.97. The van der Waals surface area contributed by atoms with E-state index in [0.717, 1.165) is 29.7 Å². The zero-order valence-corrected chi connectivity index (χ0v) is 12.1. The lowest BCUT2D eigenvalue weighted by Gasteiger charge is -2.22. The third kappa shape index (κ3) is 2.42. The van der Waals surface area contributed by atoms with Crippen LogP contribution in [0, 0.1) is 5.41 Å². The maximum absolute atomic E-state index is 4.68. The number of fused-ring (bicyclic) bond motifs is 1. The molecule has 1 aliphatic heterocycles. The fraction of sp³-hybridized carbons (Fsp3) is 0.750. The van der Waals surface area contributed by atoms with E-state index < -0.39 is 0 Å². The van der Waals surface area contributed by atoms with Crippen molar-refractivity contribution in [3.8, 4) is 0 Å². The molecule has 0 amide bonds. The van der Waals surface area contributed by atoms with Crippen LogP contribution in [-0.4, -0.2) is 15.8 Å². The van der Waals surface area contributed by atoms with Crippen LogP contribution in [0.5, 0.6) is 0 Å². The number of nitrogens with zero attached hydrogens (tertiary/aromatic N) is 2. The average molecular weight is 286 g/mol. The highest BCUT2D eigenvalue weighted by Gasteiger charge is 2.24. The standard InChI is InChI=1S/C12H20BrN3/c1-8-5-6-16-11(14-8)10(13)9(15-16)7-12(2,3)4/h8,14H,5-7H2,1-4H3. The van der Waals surface area contributed by atoms with E-state index in [1.165, 1.54) is 5.69 Å². The van der Waals surface area contributed by atoms with Crippen molar-refractivity contribution in [3.63, 3.8) is 0 Å². The molecule has 1 aromatic heterocycles. The van der Waals surface area contributed by atoms with E-state index in [9.17, 15) is 0 Å². The van der Waals surface area contributed by atoms with Crippen molar-refractivity contribution in [2.24, 2.45) is 5.41 Å². The van der Waals surface area contributed by atoms with Gasteiger partial charge in [-0.1, -0.05) is 20.8 Å². The molecule has 0 aromatic carbocycles. The smallest absolute Gasteiger partial charge is 0.139 e. The van der Waals surface area contributed by atoms with Gasteiger partial charge in [0.1, 0.15) is 5.82 Å². The number of rotatable bonds is 1. The van der Waals surface area contributed by atoms with Crippen LogP contribution in [0.15, 0.2) is 4.47 Å². The number of nitrogens with one attached hydrogen (secondary N) is 1. The quantitative estimate of drug-likeness (QED) is 0.857. The van der Waals surface area contributed by atoms with Crippen LogP contribution in [0.2, 0.25) is 0 Å². The predicted octanol–water partition coefficient (Wildman–Crippen LogP) is 3.44. The zero-order valence-electron chi connectivity index (χ0n) is 10.5. The Morgan fingerprint density at radius 2 is 2.19 bits per heavy atom. The minimum absolute atomic E-state index is 0.276. The van der Waals surface area contributed by atoms with Crippen molar-refractivity contribution in [1.29, 1.82) is 0 Å². The van der Waals surface area contributed by atoms with Gasteiger partial charge >= 0.3 is 0 Å². The highest BCUT2D eigenvalue weighted by Crippen LogP contribution is 2.33. The lowest BCUT2D eigenvalue weighted by Crippen LogP contribution is -2.26. The van der Waals surface area contributed by atoms with Crippen molar-refractivity contribution in [1.82, 2.24) is 9.78 Å². The first-order chi connectivity index (χ1) is 7.37. The summed E-state index contributed by atoms with van der Waals surface area (Å²) in [5, 5.41) is 8.17. The van der Waals surface area contributed by atoms with Crippen LogP contribution in [-0.2, 0) is 13.0 Å². The first-order valence-corrected chi connectivity index (χ1v) is 6.68. The zero-order chi connectivity index (χ0) is 11.9. The lowest BCUT2D eigenvalue weighted by molar-refractivity contribution is 0.401. The fourth-order valence-electron chi connectivity index (χ4n) is 2.03. The van der Waals surface area contributed by atoms with Gasteiger partial charge in [0, 0.05) is 12.6 Å². The van der Waals surface area contributed by atoms with Crippen molar-refractivity contribution >= 4 is 21.7 Å². The van der Waals surface area contributed by atoms with Crippen LogP contribution in [0.3, 0.4) is 0 Å². The van der Waals surface area contributed by atoms with Crippen LogP contribution >= 0.6 is 15.9 Å². The predicted molar refractivity (Wildman–Crippen MR) is 70.8 cm³/mol. The van der Waals surface area contributed by atoms with Gasteiger partial charge < -0.3 is 5.32 Å². The Hall–Kier alpha value is -0.510. The molecule has 1 N–H and O–H groups in total. The van der Waals surface area contributed by atoms with Gasteiger partial charge in [0.05, 0.1) is 10.2 Å². The summed E-state index contributed by atoms with van der Waals surface area (Å²) in [6.07, 6.45) is 2.15. The summed E-state index contributed by atoms with van der Waals surface area (Å²) in [4.78, 5) is 0. The van der Waals surface area contributed by atoms with Gasteiger partial charge in [-0.25, -0.2) is 4.68 Å². The van der Waals surface area contributed by atoms with Crippen molar-refractivity contribution < 1.29 is 0 Å². The molecule has 0 saturated carbocycles. The summed E-state index contributed by atoms with van der Waals surface area (Å²) in [7, 11) is 0. The molecule has 1 unspecified atom stereocenters. The molecule has 90 valence electrons. The molecule has 0 spiro atoms. The van der Waals surface area contributed by atoms with E-state index in [1.807, 2.05) is 0 Å². The molecule has 1 aromatic rings. The number of anilines is 1. The van der Waals surface area contributed by atoms with Crippen LogP contribution in [0.1, 0.15) is 39.8 Å². The summed E-state index contributed by atoms with van der Waals surface area (Å²) >= 11 is 3.67. The van der Waals surface area contributed by atoms with Crippen LogP contribution in [0.4, 0.5) is 5.82 Å². The number of hydrogen-bond donors (Lipinski definition) is 1. The minimum Gasteiger partial charge on any atom is -0.367 e. The lowest BCUT2D eigenvalue weighted by atomic mass is 9.91. The van der Waals surface area contributed by atoms with E-state index in [4.69, 9.17) is 0 Å². The van der Waals surface area contributed by atoms with Crippen molar-refractivity contribution in [3.05, 3.63) is 10.2 Å². The van der Waals surface area contributed by atoms with E-state index >= 15 is 0 Å². The number of halogens is 1. The molecule has 2 heterocycles. The molecule has 16 heavy (non-hydrogen) atoms. The Morgan fingerprint density at radius 1 is 1.50 bits per heavy atom. The third-order valence-corrected chi connectivity index (χ3v) is 3.65. The van der Waals surface area contributed by atoms with Gasteiger partial charge in [0.15, 0.2) is 0 Å². The Bertz CT molecular complexity index is 390. The topological polar surface area (TPSA) is 29.9 Å². The molecular formula is C12H20BrN3. The maximum Gasteiger partial charge on any atom is 0.139 e. The summed E-state index contributed by atoms with van der Waals surface area (Å²) in [5.41, 5.74) is 1.45. The summed E-state index contributed by atoms with van der Waals surface area (Å²) in [5.74, 6) is 1.15. The van der Waals surface area contributed by atoms with E-state index in [0.29, 0.717) is 6.04 Å². The minimum atomic E-state index is 0.276. The van der Waals surface area contributed by atoms with Gasteiger partial charge in [-0.2, -0.15) is 5.10 Å². The third-order valence-electron chi connectivity index (χ3n) is 2.82. The second-order valence-corrected chi connectivity index (χ2v) is 6.70. The maximum atomic E-state index is 4.68. The van der Waals surface area contributed by atoms with Crippen LogP contribution in [0.25, 0.3) is 0 Å². The van der Waals surface area contributed by atoms with Gasteiger partial charge in [-0.05, 0) is 41.1 Å². The highest BCUT2D eigenvalue weighted by atomic mass is 79.9. The van der Waals surface area contributed by atoms with Crippen LogP contribution < -0.4 is 5.32 Å². The molecule has 1 atom stereocenters. The fourth-order valence-corrected chi connectivity index (χ4v) is 2.56. The Kier molecular flexibility index (Phi) is 3.03. The Labute approximate surface area is 106 Å². The van der Waals surface area contributed by atoms with Crippen molar-refractivity contribution in [2.75, 3.05) is 5.32 Å². The highest BCUT2D eigenvalue weighted by molar-refractivity contribution is 9.10. The molecule has 2 rings (SSSR count). The van der Waals surface area contributed by atoms with Crippen molar-refractivity contribution in [2.45, 2.75) is 53.1 Å². The van der Waals surface area contributed by atoms with Gasteiger partial charge in [-0.15, -0.1) is 0 Å². The van der Waals surface area contributed by atoms with E-state index in [1.54, 1.807) is 0 Å². The number of hydrogen-bond acceptors (Lipinski definition) is 2. The molecule has 0 radical (unpaired) electrons. The molecule has 0 saturated heterocycles. The largest absolute Gasteiger partial charge is 0.367 e. The second-order valence-electron chi connectivity index (χ2n) is 5.90. The summed E-state index contributed by atoms with van der Waals surface area (Å²) < 4.78 is 3.24. The molecule has 3 nitrogen and oxygen atoms in total. The monoisotopic (exact) mass is 285 g/mol. The number of aromatic nitrogens is 2. The number of aryl methyl sites for hydroxylation is 1. The normalized spacial score (nSPS) is 20.4. The van der Waals surface area contributed by atoms with Gasteiger partial charge in [-0.3, -0.25) is 0 Å².